The first-order chi connectivity index (χ1) is 15.2. The van der Waals surface area contributed by atoms with Gasteiger partial charge in [-0.3, -0.25) is 10.1 Å². The Balaban J connectivity index is 1.46. The SMILES string of the molecule is C[C@H]1[C@H](O)CN1c1nc(-c2ccc3c(c2)CC[C@@]32NC(=O)NC2=O)c2c(n1)C(F)(F)CC2. The number of urea groups is 1. The summed E-state index contributed by atoms with van der Waals surface area (Å²) in [5.41, 5.74) is 1.86. The monoisotopic (exact) mass is 441 g/mol. The van der Waals surface area contributed by atoms with Crippen LogP contribution in [-0.4, -0.2) is 45.7 Å². The number of benzene rings is 1. The van der Waals surface area contributed by atoms with E-state index in [1.165, 1.54) is 0 Å². The van der Waals surface area contributed by atoms with Gasteiger partial charge in [-0.2, -0.15) is 8.78 Å². The molecule has 6 rings (SSSR count). The van der Waals surface area contributed by atoms with E-state index in [1.54, 1.807) is 24.0 Å². The van der Waals surface area contributed by atoms with Gasteiger partial charge in [0.15, 0.2) is 0 Å². The number of nitrogens with zero attached hydrogens (tertiary/aromatic N) is 3. The first-order valence-electron chi connectivity index (χ1n) is 10.7. The van der Waals surface area contributed by atoms with Gasteiger partial charge in [0.25, 0.3) is 11.8 Å². The van der Waals surface area contributed by atoms with Crippen LogP contribution in [0.4, 0.5) is 19.5 Å². The summed E-state index contributed by atoms with van der Waals surface area (Å²) in [7, 11) is 0. The third kappa shape index (κ3) is 2.49. The van der Waals surface area contributed by atoms with E-state index in [1.807, 2.05) is 6.07 Å². The third-order valence-electron chi connectivity index (χ3n) is 7.27. The number of β-amino-alcohol motifs (C(OH)–C–C–N with tert-alkyl or cyclic N) is 1. The van der Waals surface area contributed by atoms with Crippen LogP contribution in [-0.2, 0) is 29.1 Å². The van der Waals surface area contributed by atoms with E-state index in [9.17, 15) is 23.5 Å². The van der Waals surface area contributed by atoms with Crippen LogP contribution in [0.2, 0.25) is 0 Å². The molecule has 10 heteroatoms. The van der Waals surface area contributed by atoms with Crippen molar-refractivity contribution in [2.24, 2.45) is 0 Å². The number of carbonyl (C=O) groups is 2. The number of aromatic nitrogens is 2. The number of rotatable bonds is 2. The molecule has 0 saturated carbocycles. The topological polar surface area (TPSA) is 107 Å². The molecule has 32 heavy (non-hydrogen) atoms. The summed E-state index contributed by atoms with van der Waals surface area (Å²) in [6, 6.07) is 4.65. The summed E-state index contributed by atoms with van der Waals surface area (Å²) < 4.78 is 29.3. The molecule has 166 valence electrons. The average Bonchev–Trinajstić information content (AvgIpc) is 3.38. The molecule has 1 aromatic carbocycles. The van der Waals surface area contributed by atoms with Gasteiger partial charge in [-0.25, -0.2) is 14.8 Å². The van der Waals surface area contributed by atoms with Crippen molar-refractivity contribution in [1.82, 2.24) is 20.6 Å². The number of aryl methyl sites for hydroxylation is 1. The first kappa shape index (κ1) is 19.5. The van der Waals surface area contributed by atoms with Crippen molar-refractivity contribution >= 4 is 17.9 Å². The summed E-state index contributed by atoms with van der Waals surface area (Å²) in [6.45, 7) is 2.10. The zero-order valence-electron chi connectivity index (χ0n) is 17.3. The van der Waals surface area contributed by atoms with Crippen LogP contribution in [0.1, 0.15) is 42.1 Å². The molecule has 4 aliphatic rings. The summed E-state index contributed by atoms with van der Waals surface area (Å²) >= 11 is 0. The molecule has 3 heterocycles. The molecule has 8 nitrogen and oxygen atoms in total. The first-order valence-corrected chi connectivity index (χ1v) is 10.7. The van der Waals surface area contributed by atoms with E-state index in [-0.39, 0.29) is 36.4 Å². The number of fused-ring (bicyclic) bond motifs is 3. The van der Waals surface area contributed by atoms with Crippen LogP contribution in [0.25, 0.3) is 11.3 Å². The van der Waals surface area contributed by atoms with Gasteiger partial charge < -0.3 is 15.3 Å². The molecular weight excluding hydrogens is 420 g/mol. The second kappa shape index (κ2) is 6.22. The highest BCUT2D eigenvalue weighted by Crippen LogP contribution is 2.46. The maximum Gasteiger partial charge on any atom is 0.322 e. The highest BCUT2D eigenvalue weighted by molar-refractivity contribution is 6.08. The van der Waals surface area contributed by atoms with Crippen LogP contribution in [0, 0.1) is 0 Å². The zero-order chi connectivity index (χ0) is 22.4. The number of carbonyl (C=O) groups excluding carboxylic acids is 2. The molecule has 3 atom stereocenters. The largest absolute Gasteiger partial charge is 0.389 e. The third-order valence-corrected chi connectivity index (χ3v) is 7.27. The second-order valence-corrected chi connectivity index (χ2v) is 9.05. The number of aliphatic hydroxyl groups is 1. The minimum absolute atomic E-state index is 0.176. The van der Waals surface area contributed by atoms with Gasteiger partial charge >= 0.3 is 6.03 Å². The fraction of sp³-hybridized carbons (Fsp3) is 0.455. The molecule has 2 aliphatic carbocycles. The Morgan fingerprint density at radius 2 is 2.00 bits per heavy atom. The van der Waals surface area contributed by atoms with Crippen LogP contribution in [0.5, 0.6) is 0 Å². The van der Waals surface area contributed by atoms with Crippen LogP contribution in [0.15, 0.2) is 18.2 Å². The lowest BCUT2D eigenvalue weighted by Gasteiger charge is -2.43. The standard InChI is InChI=1S/C22H21F2N5O3/c1-10-15(30)9-29(10)19-25-16(13-5-7-22(23,24)17(13)26-19)12-2-3-14-11(8-12)4-6-21(14)18(31)27-20(32)28-21/h2-3,8,10,15,30H,4-7,9H2,1H3,(H2,27,28,31,32)/t10-,15+,21+/m0/s1. The summed E-state index contributed by atoms with van der Waals surface area (Å²) in [5.74, 6) is -3.21. The molecule has 0 radical (unpaired) electrons. The van der Waals surface area contributed by atoms with E-state index in [0.29, 0.717) is 36.2 Å². The van der Waals surface area contributed by atoms with Gasteiger partial charge in [0.1, 0.15) is 11.2 Å². The number of hydrogen-bond acceptors (Lipinski definition) is 6. The number of imide groups is 1. The Morgan fingerprint density at radius 3 is 2.69 bits per heavy atom. The molecule has 2 aliphatic heterocycles. The number of anilines is 1. The van der Waals surface area contributed by atoms with E-state index in [0.717, 1.165) is 11.1 Å². The Hall–Kier alpha value is -3.14. The lowest BCUT2D eigenvalue weighted by atomic mass is 9.91. The molecular formula is C22H21F2N5O3. The Kier molecular flexibility index (Phi) is 3.80. The van der Waals surface area contributed by atoms with Gasteiger partial charge in [-0.05, 0) is 43.4 Å². The van der Waals surface area contributed by atoms with Gasteiger partial charge in [0.05, 0.1) is 17.8 Å². The Labute approximate surface area is 182 Å². The number of halogens is 2. The van der Waals surface area contributed by atoms with Crippen molar-refractivity contribution < 1.29 is 23.5 Å². The lowest BCUT2D eigenvalue weighted by molar-refractivity contribution is -0.124. The molecule has 0 unspecified atom stereocenters. The van der Waals surface area contributed by atoms with E-state index < -0.39 is 23.6 Å². The molecule has 2 saturated heterocycles. The van der Waals surface area contributed by atoms with Crippen LogP contribution < -0.4 is 15.5 Å². The minimum Gasteiger partial charge on any atom is -0.389 e. The highest BCUT2D eigenvalue weighted by atomic mass is 19.3. The maximum absolute atomic E-state index is 14.6. The number of nitrogens with one attached hydrogen (secondary N) is 2. The fourth-order valence-electron chi connectivity index (χ4n) is 5.31. The normalized spacial score (nSPS) is 29.6. The fourth-order valence-corrected chi connectivity index (χ4v) is 5.31. The molecule has 2 aromatic rings. The van der Waals surface area contributed by atoms with E-state index >= 15 is 0 Å². The van der Waals surface area contributed by atoms with Crippen molar-refractivity contribution in [3.63, 3.8) is 0 Å². The number of hydrogen-bond donors (Lipinski definition) is 3. The van der Waals surface area contributed by atoms with Crippen molar-refractivity contribution in [3.05, 3.63) is 40.6 Å². The van der Waals surface area contributed by atoms with Crippen molar-refractivity contribution in [2.45, 2.75) is 56.2 Å². The maximum atomic E-state index is 14.6. The molecule has 3 N–H and O–H groups in total. The van der Waals surface area contributed by atoms with Crippen LogP contribution >= 0.6 is 0 Å². The Bertz CT molecular complexity index is 1200. The predicted molar refractivity (Wildman–Crippen MR) is 109 cm³/mol. The second-order valence-electron chi connectivity index (χ2n) is 9.05. The summed E-state index contributed by atoms with van der Waals surface area (Å²) in [5, 5.41) is 14.9. The number of amides is 3. The van der Waals surface area contributed by atoms with Crippen molar-refractivity contribution in [1.29, 1.82) is 0 Å². The predicted octanol–water partition coefficient (Wildman–Crippen LogP) is 1.73. The highest BCUT2D eigenvalue weighted by Gasteiger charge is 2.51. The number of aliphatic hydroxyl groups excluding tert-OH is 1. The van der Waals surface area contributed by atoms with Gasteiger partial charge in [0, 0.05) is 24.1 Å². The zero-order valence-corrected chi connectivity index (χ0v) is 17.3. The molecule has 3 amide bonds. The molecule has 1 aromatic heterocycles. The smallest absolute Gasteiger partial charge is 0.322 e. The molecule has 2 fully saturated rings. The molecule has 1 spiro atoms. The quantitative estimate of drug-likeness (QED) is 0.613. The van der Waals surface area contributed by atoms with Gasteiger partial charge in [-0.15, -0.1) is 0 Å². The average molecular weight is 441 g/mol. The summed E-state index contributed by atoms with van der Waals surface area (Å²) in [4.78, 5) is 34.8. The van der Waals surface area contributed by atoms with Crippen molar-refractivity contribution in [3.8, 4) is 11.3 Å². The Morgan fingerprint density at radius 1 is 1.19 bits per heavy atom. The van der Waals surface area contributed by atoms with Crippen LogP contribution in [0.3, 0.4) is 0 Å². The van der Waals surface area contributed by atoms with Gasteiger partial charge in [-0.1, -0.05) is 12.1 Å². The molecule has 0 bridgehead atoms. The minimum atomic E-state index is -3.03. The van der Waals surface area contributed by atoms with Gasteiger partial charge in [0.2, 0.25) is 5.95 Å². The van der Waals surface area contributed by atoms with E-state index in [2.05, 4.69) is 20.6 Å². The number of alkyl halides is 2. The lowest BCUT2D eigenvalue weighted by Crippen LogP contribution is -2.59. The van der Waals surface area contributed by atoms with Crippen molar-refractivity contribution in [2.75, 3.05) is 11.4 Å². The van der Waals surface area contributed by atoms with E-state index in [4.69, 9.17) is 0 Å². The summed E-state index contributed by atoms with van der Waals surface area (Å²) in [6.07, 6.45) is 0.335.